The van der Waals surface area contributed by atoms with Crippen molar-refractivity contribution in [3.05, 3.63) is 75.9 Å². The zero-order valence-corrected chi connectivity index (χ0v) is 15.6. The summed E-state index contributed by atoms with van der Waals surface area (Å²) in [7, 11) is 0. The van der Waals surface area contributed by atoms with Crippen molar-refractivity contribution >= 4 is 38.3 Å². The lowest BCUT2D eigenvalue weighted by Crippen LogP contribution is -2.34. The van der Waals surface area contributed by atoms with Crippen LogP contribution in [-0.2, 0) is 0 Å². The lowest BCUT2D eigenvalue weighted by Gasteiger charge is -2.26. The first-order chi connectivity index (χ1) is 12.1. The topological polar surface area (TPSA) is 36.1 Å². The molecule has 0 unspecified atom stereocenters. The van der Waals surface area contributed by atoms with Crippen LogP contribution < -0.4 is 0 Å². The van der Waals surface area contributed by atoms with Gasteiger partial charge in [-0.1, -0.05) is 39.7 Å². The van der Waals surface area contributed by atoms with Crippen molar-refractivity contribution in [3.63, 3.8) is 0 Å². The molecule has 0 saturated heterocycles. The van der Waals surface area contributed by atoms with Crippen molar-refractivity contribution in [1.29, 1.82) is 0 Å². The Kier molecular flexibility index (Phi) is 4.22. The highest BCUT2D eigenvalue weighted by atomic mass is 79.9. The van der Waals surface area contributed by atoms with E-state index in [0.717, 1.165) is 34.1 Å². The highest BCUT2D eigenvalue weighted by molar-refractivity contribution is 9.10. The standard InChI is InChI=1S/C21H19BrN2O/c1-14-3-2-4-16(11-14)21(25)24-9-7-15(8-10-24)19-13-23-20-6-5-17(22)12-18(19)20/h2-7,11-13,23H,8-10H2,1H3. The maximum absolute atomic E-state index is 12.7. The summed E-state index contributed by atoms with van der Waals surface area (Å²) in [5.74, 6) is 0.112. The van der Waals surface area contributed by atoms with Gasteiger partial charge in [0.05, 0.1) is 0 Å². The lowest BCUT2D eigenvalue weighted by molar-refractivity contribution is 0.0773. The van der Waals surface area contributed by atoms with Crippen LogP contribution in [0.4, 0.5) is 0 Å². The monoisotopic (exact) mass is 394 g/mol. The first-order valence-electron chi connectivity index (χ1n) is 8.44. The van der Waals surface area contributed by atoms with Crippen molar-refractivity contribution in [2.24, 2.45) is 0 Å². The van der Waals surface area contributed by atoms with Gasteiger partial charge in [0.15, 0.2) is 0 Å². The molecular formula is C21H19BrN2O. The third-order valence-corrected chi connectivity index (χ3v) is 5.24. The molecule has 1 amide bonds. The molecule has 0 bridgehead atoms. The van der Waals surface area contributed by atoms with E-state index in [-0.39, 0.29) is 5.91 Å². The minimum atomic E-state index is 0.112. The van der Waals surface area contributed by atoms with Crippen molar-refractivity contribution in [2.75, 3.05) is 13.1 Å². The molecule has 126 valence electrons. The molecule has 0 atom stereocenters. The van der Waals surface area contributed by atoms with Crippen LogP contribution in [0.2, 0.25) is 0 Å². The highest BCUT2D eigenvalue weighted by Crippen LogP contribution is 2.31. The summed E-state index contributed by atoms with van der Waals surface area (Å²) in [5.41, 5.74) is 5.56. The zero-order chi connectivity index (χ0) is 17.4. The molecule has 3 aromatic rings. The maximum atomic E-state index is 12.7. The first-order valence-corrected chi connectivity index (χ1v) is 9.23. The summed E-state index contributed by atoms with van der Waals surface area (Å²) in [6.45, 7) is 3.42. The number of aryl methyl sites for hydroxylation is 1. The van der Waals surface area contributed by atoms with Crippen LogP contribution in [0.1, 0.15) is 27.9 Å². The number of carbonyl (C=O) groups is 1. The van der Waals surface area contributed by atoms with Crippen molar-refractivity contribution < 1.29 is 4.79 Å². The number of hydrogen-bond donors (Lipinski definition) is 1. The van der Waals surface area contributed by atoms with Gasteiger partial charge in [0.1, 0.15) is 0 Å². The molecule has 0 spiro atoms. The highest BCUT2D eigenvalue weighted by Gasteiger charge is 2.20. The van der Waals surface area contributed by atoms with Gasteiger partial charge in [-0.3, -0.25) is 4.79 Å². The predicted molar refractivity (Wildman–Crippen MR) is 106 cm³/mol. The number of amides is 1. The quantitative estimate of drug-likeness (QED) is 0.639. The van der Waals surface area contributed by atoms with Gasteiger partial charge in [-0.25, -0.2) is 0 Å². The molecule has 1 aromatic heterocycles. The molecule has 0 fully saturated rings. The summed E-state index contributed by atoms with van der Waals surface area (Å²) >= 11 is 3.55. The Morgan fingerprint density at radius 2 is 2.08 bits per heavy atom. The number of hydrogen-bond acceptors (Lipinski definition) is 1. The van der Waals surface area contributed by atoms with Crippen LogP contribution in [0.15, 0.2) is 59.2 Å². The molecule has 0 aliphatic carbocycles. The molecule has 4 heteroatoms. The Bertz CT molecular complexity index is 986. The average molecular weight is 395 g/mol. The smallest absolute Gasteiger partial charge is 0.254 e. The molecule has 2 heterocycles. The molecule has 0 radical (unpaired) electrons. The van der Waals surface area contributed by atoms with E-state index in [1.165, 1.54) is 16.5 Å². The van der Waals surface area contributed by atoms with Gasteiger partial charge in [-0.05, 0) is 49.2 Å². The average Bonchev–Trinajstić information content (AvgIpc) is 3.04. The molecule has 4 rings (SSSR count). The number of halogens is 1. The number of aromatic amines is 1. The SMILES string of the molecule is Cc1cccc(C(=O)N2CC=C(c3c[nH]c4ccc(Br)cc34)CC2)c1. The number of benzene rings is 2. The molecule has 25 heavy (non-hydrogen) atoms. The van der Waals surface area contributed by atoms with Gasteiger partial charge in [0, 0.05) is 45.8 Å². The van der Waals surface area contributed by atoms with Gasteiger partial charge >= 0.3 is 0 Å². The van der Waals surface area contributed by atoms with E-state index in [4.69, 9.17) is 0 Å². The number of H-pyrrole nitrogens is 1. The van der Waals surface area contributed by atoms with Crippen LogP contribution >= 0.6 is 15.9 Å². The third-order valence-electron chi connectivity index (χ3n) is 4.75. The Morgan fingerprint density at radius 1 is 1.20 bits per heavy atom. The molecule has 0 saturated carbocycles. The van der Waals surface area contributed by atoms with E-state index >= 15 is 0 Å². The summed E-state index contributed by atoms with van der Waals surface area (Å²) < 4.78 is 1.08. The number of aromatic nitrogens is 1. The number of rotatable bonds is 2. The van der Waals surface area contributed by atoms with E-state index in [1.54, 1.807) is 0 Å². The molecule has 2 aromatic carbocycles. The minimum absolute atomic E-state index is 0.112. The van der Waals surface area contributed by atoms with Crippen LogP contribution in [-0.4, -0.2) is 28.9 Å². The summed E-state index contributed by atoms with van der Waals surface area (Å²) in [5, 5.41) is 1.22. The molecule has 1 aliphatic rings. The maximum Gasteiger partial charge on any atom is 0.254 e. The van der Waals surface area contributed by atoms with E-state index in [1.807, 2.05) is 42.2 Å². The first kappa shape index (κ1) is 16.2. The number of nitrogens with zero attached hydrogens (tertiary/aromatic N) is 1. The van der Waals surface area contributed by atoms with E-state index < -0.39 is 0 Å². The van der Waals surface area contributed by atoms with Gasteiger partial charge in [-0.15, -0.1) is 0 Å². The Balaban J connectivity index is 1.57. The lowest BCUT2D eigenvalue weighted by atomic mass is 9.98. The van der Waals surface area contributed by atoms with E-state index in [0.29, 0.717) is 6.54 Å². The zero-order valence-electron chi connectivity index (χ0n) is 14.1. The second kappa shape index (κ2) is 6.52. The van der Waals surface area contributed by atoms with Crippen LogP contribution in [0.3, 0.4) is 0 Å². The predicted octanol–water partition coefficient (Wildman–Crippen LogP) is 5.17. The van der Waals surface area contributed by atoms with Crippen molar-refractivity contribution in [2.45, 2.75) is 13.3 Å². The molecular weight excluding hydrogens is 376 g/mol. The second-order valence-corrected chi connectivity index (χ2v) is 7.41. The summed E-state index contributed by atoms with van der Waals surface area (Å²) in [4.78, 5) is 17.9. The Labute approximate surface area is 155 Å². The van der Waals surface area contributed by atoms with Gasteiger partial charge in [0.2, 0.25) is 0 Å². The molecule has 1 aliphatic heterocycles. The van der Waals surface area contributed by atoms with Crippen LogP contribution in [0.25, 0.3) is 16.5 Å². The molecule has 1 N–H and O–H groups in total. The van der Waals surface area contributed by atoms with Crippen molar-refractivity contribution in [3.8, 4) is 0 Å². The number of fused-ring (bicyclic) bond motifs is 1. The number of nitrogens with one attached hydrogen (secondary N) is 1. The molecule has 3 nitrogen and oxygen atoms in total. The van der Waals surface area contributed by atoms with E-state index in [2.05, 4.69) is 45.3 Å². The fraction of sp³-hybridized carbons (Fsp3) is 0.190. The normalized spacial score (nSPS) is 14.6. The van der Waals surface area contributed by atoms with E-state index in [9.17, 15) is 4.79 Å². The largest absolute Gasteiger partial charge is 0.361 e. The minimum Gasteiger partial charge on any atom is -0.361 e. The fourth-order valence-corrected chi connectivity index (χ4v) is 3.78. The summed E-state index contributed by atoms with van der Waals surface area (Å²) in [6, 6.07) is 14.1. The Morgan fingerprint density at radius 3 is 2.84 bits per heavy atom. The van der Waals surface area contributed by atoms with Gasteiger partial charge in [0.25, 0.3) is 5.91 Å². The van der Waals surface area contributed by atoms with Gasteiger partial charge in [-0.2, -0.15) is 0 Å². The van der Waals surface area contributed by atoms with Gasteiger partial charge < -0.3 is 9.88 Å². The van der Waals surface area contributed by atoms with Crippen LogP contribution in [0.5, 0.6) is 0 Å². The second-order valence-electron chi connectivity index (χ2n) is 6.49. The number of carbonyl (C=O) groups excluding carboxylic acids is 1. The third kappa shape index (κ3) is 3.14. The Hall–Kier alpha value is -2.33. The van der Waals surface area contributed by atoms with Crippen LogP contribution in [0, 0.1) is 6.92 Å². The summed E-state index contributed by atoms with van der Waals surface area (Å²) in [6.07, 6.45) is 5.12. The van der Waals surface area contributed by atoms with Crippen molar-refractivity contribution in [1.82, 2.24) is 9.88 Å². The fourth-order valence-electron chi connectivity index (χ4n) is 3.42.